The van der Waals surface area contributed by atoms with Gasteiger partial charge in [-0.3, -0.25) is 5.41 Å². The van der Waals surface area contributed by atoms with E-state index >= 15 is 0 Å². The number of rotatable bonds is 9. The first-order chi connectivity index (χ1) is 15.9. The molecule has 1 rings (SSSR count). The molecule has 0 heterocycles. The van der Waals surface area contributed by atoms with Crippen molar-refractivity contribution < 1.29 is 5.11 Å². The summed E-state index contributed by atoms with van der Waals surface area (Å²) in [6.07, 6.45) is 6.11. The van der Waals surface area contributed by atoms with Crippen molar-refractivity contribution in [3.63, 3.8) is 0 Å². The molecule has 0 aromatic heterocycles. The molecule has 0 spiro atoms. The zero-order valence-corrected chi connectivity index (χ0v) is 22.9. The molecule has 182 valence electrons. The lowest BCUT2D eigenvalue weighted by Crippen LogP contribution is -2.17. The van der Waals surface area contributed by atoms with Crippen molar-refractivity contribution in [2.75, 3.05) is 0 Å². The summed E-state index contributed by atoms with van der Waals surface area (Å²) >= 11 is 0. The molecule has 1 aromatic rings. The van der Waals surface area contributed by atoms with Gasteiger partial charge in [0.2, 0.25) is 0 Å². The number of allylic oxidation sites excluding steroid dienone is 8. The highest BCUT2D eigenvalue weighted by Crippen LogP contribution is 2.36. The summed E-state index contributed by atoms with van der Waals surface area (Å²) < 4.78 is 0. The summed E-state index contributed by atoms with van der Waals surface area (Å²) in [4.78, 5) is 0. The zero-order chi connectivity index (χ0) is 26.3. The maximum atomic E-state index is 10.0. The van der Waals surface area contributed by atoms with Crippen LogP contribution in [0.1, 0.15) is 95.2 Å². The van der Waals surface area contributed by atoms with Gasteiger partial charge in [0.05, 0.1) is 23.1 Å². The third-order valence-electron chi connectivity index (χ3n) is 6.79. The summed E-state index contributed by atoms with van der Waals surface area (Å²) in [6.45, 7) is 24.1. The Labute approximate surface area is 207 Å². The highest BCUT2D eigenvalue weighted by atomic mass is 16.3. The van der Waals surface area contributed by atoms with Gasteiger partial charge in [-0.25, -0.2) is 0 Å². The van der Waals surface area contributed by atoms with E-state index in [1.54, 1.807) is 0 Å². The standard InChI is InChI=1S/C31H42N2O/c1-12-19(6)22(9)29(27(17-32)18(4)5)31(33)30-24(11)23(10)28(20(7)15-16-21(8)34)25(13-2)26(30)14-3/h12,15,33-34H,8,13-14,16H2,1-7,9-11H3/b19-12-,20-15?,29-22-,33-31?. The summed E-state index contributed by atoms with van der Waals surface area (Å²) in [6, 6.07) is 2.38. The van der Waals surface area contributed by atoms with Crippen molar-refractivity contribution in [3.05, 3.63) is 85.7 Å². The van der Waals surface area contributed by atoms with Gasteiger partial charge in [0, 0.05) is 17.6 Å². The molecule has 0 aliphatic heterocycles. The molecule has 0 aliphatic rings. The van der Waals surface area contributed by atoms with Crippen LogP contribution in [0.2, 0.25) is 0 Å². The Morgan fingerprint density at radius 2 is 1.50 bits per heavy atom. The number of aliphatic hydroxyl groups excluding tert-OH is 1. The Bertz CT molecular complexity index is 1160. The van der Waals surface area contributed by atoms with Crippen LogP contribution in [-0.4, -0.2) is 10.8 Å². The lowest BCUT2D eigenvalue weighted by Gasteiger charge is -2.26. The van der Waals surface area contributed by atoms with Gasteiger partial charge in [-0.2, -0.15) is 5.26 Å². The smallest absolute Gasteiger partial charge is 0.0998 e. The number of aliphatic hydroxyl groups is 1. The van der Waals surface area contributed by atoms with E-state index in [0.29, 0.717) is 23.3 Å². The molecule has 1 aromatic carbocycles. The van der Waals surface area contributed by atoms with E-state index < -0.39 is 0 Å². The fourth-order valence-corrected chi connectivity index (χ4v) is 4.61. The van der Waals surface area contributed by atoms with Crippen LogP contribution in [0.4, 0.5) is 0 Å². The van der Waals surface area contributed by atoms with Gasteiger partial charge in [0.1, 0.15) is 0 Å². The van der Waals surface area contributed by atoms with Crippen molar-refractivity contribution in [3.8, 4) is 6.07 Å². The van der Waals surface area contributed by atoms with Crippen molar-refractivity contribution in [1.82, 2.24) is 0 Å². The Morgan fingerprint density at radius 3 is 1.91 bits per heavy atom. The molecule has 0 saturated carbocycles. The SMILES string of the molecule is C=C(O)CC=C(C)c1c(C)c(C)c(C(=N)/C(C(C#N)=C(C)C)=C(C)\C(C)=C/C)c(CC)c1CC. The number of hydrogen-bond donors (Lipinski definition) is 2. The predicted molar refractivity (Wildman–Crippen MR) is 148 cm³/mol. The van der Waals surface area contributed by atoms with Crippen LogP contribution < -0.4 is 0 Å². The molecule has 34 heavy (non-hydrogen) atoms. The Balaban J connectivity index is 4.17. The first kappa shape index (κ1) is 28.9. The summed E-state index contributed by atoms with van der Waals surface area (Å²) in [5, 5.41) is 29.1. The maximum Gasteiger partial charge on any atom is 0.0998 e. The normalized spacial score (nSPS) is 12.7. The Hall–Kier alpha value is -3.12. The Morgan fingerprint density at radius 1 is 1.00 bits per heavy atom. The largest absolute Gasteiger partial charge is 0.513 e. The fourth-order valence-electron chi connectivity index (χ4n) is 4.61. The van der Waals surface area contributed by atoms with Crippen LogP contribution in [0.15, 0.2) is 52.4 Å². The van der Waals surface area contributed by atoms with E-state index in [1.165, 1.54) is 11.1 Å². The second-order valence-corrected chi connectivity index (χ2v) is 9.16. The summed E-state index contributed by atoms with van der Waals surface area (Å²) in [5.41, 5.74) is 12.5. The second kappa shape index (κ2) is 12.4. The molecule has 0 radical (unpaired) electrons. The van der Waals surface area contributed by atoms with E-state index in [-0.39, 0.29) is 5.76 Å². The van der Waals surface area contributed by atoms with Crippen molar-refractivity contribution in [2.45, 2.75) is 88.5 Å². The van der Waals surface area contributed by atoms with Gasteiger partial charge in [-0.15, -0.1) is 0 Å². The molecule has 0 atom stereocenters. The van der Waals surface area contributed by atoms with Crippen LogP contribution in [0.25, 0.3) is 5.57 Å². The maximum absolute atomic E-state index is 10.0. The van der Waals surface area contributed by atoms with Crippen LogP contribution in [-0.2, 0) is 12.8 Å². The third-order valence-corrected chi connectivity index (χ3v) is 6.79. The molecule has 0 saturated heterocycles. The van der Waals surface area contributed by atoms with Gasteiger partial charge in [-0.05, 0) is 107 Å². The quantitative estimate of drug-likeness (QED) is 0.168. The van der Waals surface area contributed by atoms with Gasteiger partial charge in [-0.1, -0.05) is 43.7 Å². The van der Waals surface area contributed by atoms with Gasteiger partial charge < -0.3 is 5.11 Å². The van der Waals surface area contributed by atoms with Crippen LogP contribution >= 0.6 is 0 Å². The minimum absolute atomic E-state index is 0.149. The molecule has 2 N–H and O–H groups in total. The molecular weight excluding hydrogens is 416 g/mol. The highest BCUT2D eigenvalue weighted by molar-refractivity contribution is 6.17. The molecule has 0 aliphatic carbocycles. The first-order valence-corrected chi connectivity index (χ1v) is 12.1. The van der Waals surface area contributed by atoms with E-state index in [4.69, 9.17) is 0 Å². The van der Waals surface area contributed by atoms with Gasteiger partial charge in [0.25, 0.3) is 0 Å². The average Bonchev–Trinajstić information content (AvgIpc) is 2.80. The first-order valence-electron chi connectivity index (χ1n) is 12.1. The fraction of sp³-hybridized carbons (Fsp3) is 0.419. The molecule has 3 heteroatoms. The highest BCUT2D eigenvalue weighted by Gasteiger charge is 2.26. The van der Waals surface area contributed by atoms with E-state index in [2.05, 4.69) is 47.3 Å². The molecule has 0 bridgehead atoms. The predicted octanol–water partition coefficient (Wildman–Crippen LogP) is 8.80. The number of nitrogens with one attached hydrogen (secondary N) is 1. The number of hydrogen-bond acceptors (Lipinski definition) is 3. The van der Waals surface area contributed by atoms with Crippen molar-refractivity contribution >= 4 is 11.3 Å². The summed E-state index contributed by atoms with van der Waals surface area (Å²) in [5.74, 6) is 0.149. The van der Waals surface area contributed by atoms with E-state index in [0.717, 1.165) is 57.4 Å². The summed E-state index contributed by atoms with van der Waals surface area (Å²) in [7, 11) is 0. The zero-order valence-electron chi connectivity index (χ0n) is 22.9. The van der Waals surface area contributed by atoms with Crippen LogP contribution in [0.3, 0.4) is 0 Å². The van der Waals surface area contributed by atoms with Crippen LogP contribution in [0, 0.1) is 30.6 Å². The average molecular weight is 459 g/mol. The monoisotopic (exact) mass is 458 g/mol. The number of nitrogens with zero attached hydrogens (tertiary/aromatic N) is 1. The molecule has 3 nitrogen and oxygen atoms in total. The number of nitriles is 1. The minimum Gasteiger partial charge on any atom is -0.513 e. The van der Waals surface area contributed by atoms with Gasteiger partial charge in [0.15, 0.2) is 0 Å². The molecule has 0 amide bonds. The van der Waals surface area contributed by atoms with Gasteiger partial charge >= 0.3 is 0 Å². The Kier molecular flexibility index (Phi) is 10.5. The van der Waals surface area contributed by atoms with E-state index in [9.17, 15) is 15.8 Å². The molecular formula is C31H42N2O. The second-order valence-electron chi connectivity index (χ2n) is 9.16. The third kappa shape index (κ3) is 5.86. The topological polar surface area (TPSA) is 67.9 Å². The van der Waals surface area contributed by atoms with E-state index in [1.807, 2.05) is 46.8 Å². The molecule has 0 unspecified atom stereocenters. The number of benzene rings is 1. The van der Waals surface area contributed by atoms with Crippen molar-refractivity contribution in [1.29, 1.82) is 10.7 Å². The van der Waals surface area contributed by atoms with Crippen LogP contribution in [0.5, 0.6) is 0 Å². The molecule has 0 fully saturated rings. The minimum atomic E-state index is 0.149. The van der Waals surface area contributed by atoms with Crippen molar-refractivity contribution in [2.24, 2.45) is 0 Å². The lowest BCUT2D eigenvalue weighted by atomic mass is 9.78. The lowest BCUT2D eigenvalue weighted by molar-refractivity contribution is 0.404.